The normalized spacial score (nSPS) is 12.0. The van der Waals surface area contributed by atoms with E-state index in [1.807, 2.05) is 45.0 Å². The molecule has 0 spiro atoms. The highest BCUT2D eigenvalue weighted by Crippen LogP contribution is 2.21. The van der Waals surface area contributed by atoms with Gasteiger partial charge < -0.3 is 19.2 Å². The number of esters is 1. The van der Waals surface area contributed by atoms with Crippen molar-refractivity contribution in [3.63, 3.8) is 0 Å². The molecule has 0 saturated carbocycles. The molecule has 3 rings (SSSR count). The average molecular weight is 435 g/mol. The van der Waals surface area contributed by atoms with E-state index in [9.17, 15) is 14.4 Å². The second-order valence-corrected chi connectivity index (χ2v) is 7.19. The Morgan fingerprint density at radius 1 is 1.06 bits per heavy atom. The quantitative estimate of drug-likeness (QED) is 0.245. The van der Waals surface area contributed by atoms with E-state index in [-0.39, 0.29) is 22.9 Å². The minimum absolute atomic E-state index is 0.0601. The third kappa shape index (κ3) is 5.85. The molecule has 1 atom stereocenters. The van der Waals surface area contributed by atoms with Crippen molar-refractivity contribution >= 4 is 28.9 Å². The van der Waals surface area contributed by atoms with Gasteiger partial charge in [0, 0.05) is 23.6 Å². The summed E-state index contributed by atoms with van der Waals surface area (Å²) in [4.78, 5) is 36.7. The third-order valence-electron chi connectivity index (χ3n) is 4.76. The minimum atomic E-state index is -0.753. The summed E-state index contributed by atoms with van der Waals surface area (Å²) in [5.41, 5.74) is 0.215. The molecule has 1 aromatic heterocycles. The number of amides is 1. The van der Waals surface area contributed by atoms with Crippen LogP contribution in [0.15, 0.2) is 63.8 Å². The predicted octanol–water partition coefficient (Wildman–Crippen LogP) is 4.34. The van der Waals surface area contributed by atoms with Gasteiger partial charge in [-0.25, -0.2) is 9.59 Å². The van der Waals surface area contributed by atoms with Gasteiger partial charge in [0.05, 0.1) is 6.61 Å². The zero-order valence-corrected chi connectivity index (χ0v) is 18.2. The van der Waals surface area contributed by atoms with Gasteiger partial charge in [-0.05, 0) is 62.2 Å². The van der Waals surface area contributed by atoms with Crippen LogP contribution in [0.2, 0.25) is 0 Å². The van der Waals surface area contributed by atoms with Crippen molar-refractivity contribution in [3.05, 3.63) is 76.2 Å². The molecule has 166 valence electrons. The lowest BCUT2D eigenvalue weighted by Gasteiger charge is -2.11. The number of nitrogens with one attached hydrogen (secondary N) is 1. The van der Waals surface area contributed by atoms with Crippen molar-refractivity contribution in [2.24, 2.45) is 0 Å². The highest BCUT2D eigenvalue weighted by molar-refractivity contribution is 5.97. The molecule has 32 heavy (non-hydrogen) atoms. The number of hydrogen-bond donors (Lipinski definition) is 1. The van der Waals surface area contributed by atoms with E-state index >= 15 is 0 Å². The van der Waals surface area contributed by atoms with Gasteiger partial charge >= 0.3 is 11.6 Å². The standard InChI is InChI=1S/C25H25NO6/c1-4-16(3)26-24(28)21-14-18-9-12-20(15-22(18)32-25(21)29)31-23(27)13-8-17-6-10-19(11-7-17)30-5-2/h6-16H,4-5H2,1-3H3,(H,26,28)/b13-8+. The molecule has 0 aliphatic heterocycles. The number of hydrogen-bond acceptors (Lipinski definition) is 6. The number of carbonyl (C=O) groups excluding carboxylic acids is 2. The maximum Gasteiger partial charge on any atom is 0.349 e. The largest absolute Gasteiger partial charge is 0.494 e. The Hall–Kier alpha value is -3.87. The first-order chi connectivity index (χ1) is 15.4. The summed E-state index contributed by atoms with van der Waals surface area (Å²) in [5, 5.41) is 3.29. The maximum atomic E-state index is 12.3. The van der Waals surface area contributed by atoms with Gasteiger partial charge in [-0.2, -0.15) is 0 Å². The number of ether oxygens (including phenoxy) is 2. The van der Waals surface area contributed by atoms with E-state index in [0.717, 1.165) is 17.7 Å². The van der Waals surface area contributed by atoms with E-state index in [2.05, 4.69) is 5.32 Å². The van der Waals surface area contributed by atoms with Crippen molar-refractivity contribution in [2.75, 3.05) is 6.61 Å². The fraction of sp³-hybridized carbons (Fsp3) is 0.240. The van der Waals surface area contributed by atoms with Gasteiger partial charge in [0.1, 0.15) is 22.6 Å². The first-order valence-corrected chi connectivity index (χ1v) is 10.4. The van der Waals surface area contributed by atoms with Crippen LogP contribution in [0.25, 0.3) is 17.0 Å². The smallest absolute Gasteiger partial charge is 0.349 e. The molecule has 0 fully saturated rings. The average Bonchev–Trinajstić information content (AvgIpc) is 2.78. The second-order valence-electron chi connectivity index (χ2n) is 7.19. The Bertz CT molecular complexity index is 1190. The molecule has 1 heterocycles. The maximum absolute atomic E-state index is 12.3. The molecule has 3 aromatic rings. The summed E-state index contributed by atoms with van der Waals surface area (Å²) < 4.78 is 16.0. The monoisotopic (exact) mass is 435 g/mol. The molecule has 0 radical (unpaired) electrons. The first kappa shape index (κ1) is 22.8. The molecule has 0 aliphatic carbocycles. The molecule has 0 bridgehead atoms. The van der Waals surface area contributed by atoms with E-state index in [0.29, 0.717) is 12.0 Å². The fourth-order valence-electron chi connectivity index (χ4n) is 2.87. The summed E-state index contributed by atoms with van der Waals surface area (Å²) >= 11 is 0. The lowest BCUT2D eigenvalue weighted by Crippen LogP contribution is -2.34. The van der Waals surface area contributed by atoms with Gasteiger partial charge in [0.15, 0.2) is 0 Å². The van der Waals surface area contributed by atoms with Crippen LogP contribution < -0.4 is 20.4 Å². The number of fused-ring (bicyclic) bond motifs is 1. The summed E-state index contributed by atoms with van der Waals surface area (Å²) in [7, 11) is 0. The molecule has 0 aliphatic rings. The summed E-state index contributed by atoms with van der Waals surface area (Å²) in [6.07, 6.45) is 3.67. The molecule has 1 amide bonds. The molecule has 7 nitrogen and oxygen atoms in total. The molecular formula is C25H25NO6. The lowest BCUT2D eigenvalue weighted by molar-refractivity contribution is -0.128. The Morgan fingerprint density at radius 2 is 1.78 bits per heavy atom. The second kappa shape index (κ2) is 10.4. The van der Waals surface area contributed by atoms with Crippen LogP contribution in [-0.2, 0) is 4.79 Å². The minimum Gasteiger partial charge on any atom is -0.494 e. The number of carbonyl (C=O) groups is 2. The van der Waals surface area contributed by atoms with Gasteiger partial charge in [0.2, 0.25) is 0 Å². The van der Waals surface area contributed by atoms with Crippen molar-refractivity contribution in [2.45, 2.75) is 33.2 Å². The molecule has 7 heteroatoms. The Kier molecular flexibility index (Phi) is 7.44. The summed E-state index contributed by atoms with van der Waals surface area (Å²) in [6.45, 7) is 6.28. The Morgan fingerprint density at radius 3 is 2.47 bits per heavy atom. The van der Waals surface area contributed by atoms with E-state index in [1.54, 1.807) is 18.2 Å². The van der Waals surface area contributed by atoms with Crippen LogP contribution in [-0.4, -0.2) is 24.5 Å². The van der Waals surface area contributed by atoms with E-state index < -0.39 is 17.5 Å². The molecule has 2 aromatic carbocycles. The SMILES string of the molecule is CCOc1ccc(/C=C/C(=O)Oc2ccc3cc(C(=O)NC(C)CC)c(=O)oc3c2)cc1. The van der Waals surface area contributed by atoms with Gasteiger partial charge in [-0.1, -0.05) is 19.1 Å². The van der Waals surface area contributed by atoms with Crippen molar-refractivity contribution in [1.29, 1.82) is 0 Å². The van der Waals surface area contributed by atoms with Crippen molar-refractivity contribution in [1.82, 2.24) is 5.32 Å². The lowest BCUT2D eigenvalue weighted by atomic mass is 10.1. The number of benzene rings is 2. The topological polar surface area (TPSA) is 94.8 Å². The Labute approximate surface area is 185 Å². The third-order valence-corrected chi connectivity index (χ3v) is 4.76. The molecular weight excluding hydrogens is 410 g/mol. The summed E-state index contributed by atoms with van der Waals surface area (Å²) in [5.74, 6) is -0.0840. The van der Waals surface area contributed by atoms with Crippen molar-refractivity contribution in [3.8, 4) is 11.5 Å². The van der Waals surface area contributed by atoms with E-state index in [1.165, 1.54) is 18.2 Å². The molecule has 1 N–H and O–H groups in total. The summed E-state index contributed by atoms with van der Waals surface area (Å²) in [6, 6.07) is 13.3. The van der Waals surface area contributed by atoms with Crippen LogP contribution >= 0.6 is 0 Å². The zero-order valence-electron chi connectivity index (χ0n) is 18.2. The van der Waals surface area contributed by atoms with Crippen LogP contribution in [0.4, 0.5) is 0 Å². The van der Waals surface area contributed by atoms with Gasteiger partial charge in [-0.15, -0.1) is 0 Å². The van der Waals surface area contributed by atoms with Crippen LogP contribution in [0.1, 0.15) is 43.1 Å². The van der Waals surface area contributed by atoms with Gasteiger partial charge in [0.25, 0.3) is 5.91 Å². The van der Waals surface area contributed by atoms with Crippen LogP contribution in [0, 0.1) is 0 Å². The molecule has 0 saturated heterocycles. The van der Waals surface area contributed by atoms with Crippen LogP contribution in [0.3, 0.4) is 0 Å². The van der Waals surface area contributed by atoms with Crippen molar-refractivity contribution < 1.29 is 23.5 Å². The fourth-order valence-corrected chi connectivity index (χ4v) is 2.87. The van der Waals surface area contributed by atoms with Crippen LogP contribution in [0.5, 0.6) is 11.5 Å². The highest BCUT2D eigenvalue weighted by Gasteiger charge is 2.16. The highest BCUT2D eigenvalue weighted by atomic mass is 16.5. The zero-order chi connectivity index (χ0) is 23.1. The van der Waals surface area contributed by atoms with Gasteiger partial charge in [-0.3, -0.25) is 4.79 Å². The number of rotatable bonds is 8. The Balaban J connectivity index is 1.71. The predicted molar refractivity (Wildman–Crippen MR) is 122 cm³/mol. The first-order valence-electron chi connectivity index (χ1n) is 10.4. The van der Waals surface area contributed by atoms with E-state index in [4.69, 9.17) is 13.9 Å². The molecule has 1 unspecified atom stereocenters.